The molecule has 0 saturated carbocycles. The van der Waals surface area contributed by atoms with Gasteiger partial charge in [0.1, 0.15) is 0 Å². The van der Waals surface area contributed by atoms with Crippen LogP contribution in [0.3, 0.4) is 0 Å². The van der Waals surface area contributed by atoms with E-state index < -0.39 is 0 Å². The van der Waals surface area contributed by atoms with Crippen LogP contribution in [-0.4, -0.2) is 57.5 Å². The highest BCUT2D eigenvalue weighted by Gasteiger charge is 1.92. The Morgan fingerprint density at radius 3 is 2.62 bits per heavy atom. The molecule has 2 N–H and O–H groups in total. The van der Waals surface area contributed by atoms with Crippen molar-refractivity contribution in [2.45, 2.75) is 0 Å². The minimum Gasteiger partial charge on any atom is -0.378 e. The molecule has 0 aromatic carbocycles. The minimum atomic E-state index is 0.663. The maximum Gasteiger partial charge on any atom is 0.166 e. The van der Waals surface area contributed by atoms with E-state index in [0.29, 0.717) is 11.7 Å². The van der Waals surface area contributed by atoms with Crippen LogP contribution >= 0.6 is 12.2 Å². The van der Waals surface area contributed by atoms with E-state index in [0.717, 1.165) is 19.7 Å². The van der Waals surface area contributed by atoms with Crippen LogP contribution < -0.4 is 10.6 Å². The fourth-order valence-electron chi connectivity index (χ4n) is 0.674. The Labute approximate surface area is 85.6 Å². The van der Waals surface area contributed by atoms with Crippen LogP contribution in [0.5, 0.6) is 0 Å². The van der Waals surface area contributed by atoms with Crippen LogP contribution in [-0.2, 0) is 4.74 Å². The summed E-state index contributed by atoms with van der Waals surface area (Å²) in [5, 5.41) is 6.50. The van der Waals surface area contributed by atoms with Gasteiger partial charge >= 0.3 is 0 Å². The highest BCUT2D eigenvalue weighted by molar-refractivity contribution is 7.80. The summed E-state index contributed by atoms with van der Waals surface area (Å²) >= 11 is 4.89. The lowest BCUT2D eigenvalue weighted by Gasteiger charge is -2.10. The first-order valence-electron chi connectivity index (χ1n) is 4.35. The second kappa shape index (κ2) is 8.22. The summed E-state index contributed by atoms with van der Waals surface area (Å²) in [5.41, 5.74) is 0. The number of hydrogen-bond acceptors (Lipinski definition) is 3. The Morgan fingerprint density at radius 2 is 2.08 bits per heavy atom. The molecule has 78 valence electrons. The summed E-state index contributed by atoms with van der Waals surface area (Å²) in [5.74, 6) is 0. The summed E-state index contributed by atoms with van der Waals surface area (Å²) in [6.45, 7) is 3.17. The van der Waals surface area contributed by atoms with E-state index in [1.165, 1.54) is 0 Å². The molecule has 0 radical (unpaired) electrons. The Hall–Kier alpha value is -0.390. The summed E-state index contributed by atoms with van der Waals surface area (Å²) in [4.78, 5) is 2.09. The molecular weight excluding hydrogens is 186 g/mol. The second-order valence-electron chi connectivity index (χ2n) is 2.92. The number of rotatable bonds is 6. The summed E-state index contributed by atoms with van der Waals surface area (Å²) in [6, 6.07) is 0. The van der Waals surface area contributed by atoms with Crippen LogP contribution in [0, 0.1) is 0 Å². The van der Waals surface area contributed by atoms with Gasteiger partial charge in [-0.05, 0) is 26.3 Å². The topological polar surface area (TPSA) is 36.5 Å². The molecule has 0 aliphatic heterocycles. The van der Waals surface area contributed by atoms with Gasteiger partial charge in [-0.25, -0.2) is 0 Å². The maximum atomic E-state index is 5.35. The van der Waals surface area contributed by atoms with Crippen molar-refractivity contribution in [3.8, 4) is 0 Å². The predicted molar refractivity (Wildman–Crippen MR) is 59.0 cm³/mol. The number of hydrogen-bond donors (Lipinski definition) is 2. The normalized spacial score (nSPS) is 10.2. The largest absolute Gasteiger partial charge is 0.378 e. The average Bonchev–Trinajstić information content (AvgIpc) is 2.10. The van der Waals surface area contributed by atoms with Gasteiger partial charge in [0.05, 0.1) is 13.2 Å². The fourth-order valence-corrected chi connectivity index (χ4v) is 0.776. The van der Waals surface area contributed by atoms with Gasteiger partial charge in [-0.1, -0.05) is 0 Å². The van der Waals surface area contributed by atoms with Crippen molar-refractivity contribution in [2.75, 3.05) is 47.4 Å². The Balaban J connectivity index is 3.04. The number of ether oxygens (including phenoxy) is 1. The Morgan fingerprint density at radius 1 is 1.38 bits per heavy atom. The third-order valence-corrected chi connectivity index (χ3v) is 1.79. The molecule has 4 nitrogen and oxygen atoms in total. The lowest BCUT2D eigenvalue weighted by atomic mass is 10.6. The molecule has 0 unspecified atom stereocenters. The zero-order chi connectivity index (χ0) is 10.1. The molecule has 0 atom stereocenters. The van der Waals surface area contributed by atoms with Crippen molar-refractivity contribution in [3.05, 3.63) is 0 Å². The first kappa shape index (κ1) is 12.6. The van der Waals surface area contributed by atoms with E-state index in [1.54, 1.807) is 7.05 Å². The van der Waals surface area contributed by atoms with Crippen molar-refractivity contribution in [1.29, 1.82) is 0 Å². The van der Waals surface area contributed by atoms with Gasteiger partial charge in [0.15, 0.2) is 5.11 Å². The van der Waals surface area contributed by atoms with E-state index in [4.69, 9.17) is 17.0 Å². The molecule has 0 aliphatic carbocycles. The first-order chi connectivity index (χ1) is 6.16. The molecule has 0 bridgehead atoms. The molecule has 0 rings (SSSR count). The number of nitrogens with zero attached hydrogens (tertiary/aromatic N) is 1. The predicted octanol–water partition coefficient (Wildman–Crippen LogP) is -0.341. The number of thiocarbonyl (C=S) groups is 1. The van der Waals surface area contributed by atoms with Crippen molar-refractivity contribution in [1.82, 2.24) is 15.5 Å². The van der Waals surface area contributed by atoms with Gasteiger partial charge in [-0.15, -0.1) is 0 Å². The van der Waals surface area contributed by atoms with Crippen molar-refractivity contribution in [2.24, 2.45) is 0 Å². The molecule has 0 aromatic rings. The van der Waals surface area contributed by atoms with Crippen LogP contribution in [0.2, 0.25) is 0 Å². The average molecular weight is 205 g/mol. The molecule has 0 fully saturated rings. The monoisotopic (exact) mass is 205 g/mol. The van der Waals surface area contributed by atoms with Crippen LogP contribution in [0.25, 0.3) is 0 Å². The van der Waals surface area contributed by atoms with Gasteiger partial charge in [0, 0.05) is 20.1 Å². The summed E-state index contributed by atoms with van der Waals surface area (Å²) in [7, 11) is 5.84. The van der Waals surface area contributed by atoms with E-state index in [1.807, 2.05) is 14.1 Å². The SMILES string of the molecule is CNC(=S)NCCOCCN(C)C. The molecule has 0 heterocycles. The van der Waals surface area contributed by atoms with Gasteiger partial charge in [0.25, 0.3) is 0 Å². The second-order valence-corrected chi connectivity index (χ2v) is 3.33. The van der Waals surface area contributed by atoms with Gasteiger partial charge in [0.2, 0.25) is 0 Å². The summed E-state index contributed by atoms with van der Waals surface area (Å²) < 4.78 is 5.35. The fraction of sp³-hybridized carbons (Fsp3) is 0.875. The van der Waals surface area contributed by atoms with Crippen molar-refractivity contribution < 1.29 is 4.74 Å². The first-order valence-corrected chi connectivity index (χ1v) is 4.75. The molecule has 5 heteroatoms. The smallest absolute Gasteiger partial charge is 0.166 e. The number of nitrogens with one attached hydrogen (secondary N) is 2. The summed E-state index contributed by atoms with van der Waals surface area (Å²) in [6.07, 6.45) is 0. The molecule has 0 aliphatic rings. The highest BCUT2D eigenvalue weighted by atomic mass is 32.1. The van der Waals surface area contributed by atoms with Crippen LogP contribution in [0.15, 0.2) is 0 Å². The van der Waals surface area contributed by atoms with Crippen molar-refractivity contribution in [3.63, 3.8) is 0 Å². The quantitative estimate of drug-likeness (QED) is 0.458. The van der Waals surface area contributed by atoms with Gasteiger partial charge < -0.3 is 20.3 Å². The van der Waals surface area contributed by atoms with E-state index >= 15 is 0 Å². The van der Waals surface area contributed by atoms with E-state index in [9.17, 15) is 0 Å². The zero-order valence-corrected chi connectivity index (χ0v) is 9.41. The standard InChI is InChI=1S/C8H19N3OS/c1-9-8(13)10-4-6-12-7-5-11(2)3/h4-7H2,1-3H3,(H2,9,10,13). The van der Waals surface area contributed by atoms with E-state index in [-0.39, 0.29) is 0 Å². The molecule has 0 saturated heterocycles. The molecule has 0 spiro atoms. The van der Waals surface area contributed by atoms with Gasteiger partial charge in [-0.3, -0.25) is 0 Å². The van der Waals surface area contributed by atoms with Crippen molar-refractivity contribution >= 4 is 17.3 Å². The molecule has 0 amide bonds. The van der Waals surface area contributed by atoms with E-state index in [2.05, 4.69) is 15.5 Å². The maximum absolute atomic E-state index is 5.35. The zero-order valence-electron chi connectivity index (χ0n) is 8.59. The van der Waals surface area contributed by atoms with Crippen LogP contribution in [0.4, 0.5) is 0 Å². The van der Waals surface area contributed by atoms with Gasteiger partial charge in [-0.2, -0.15) is 0 Å². The Kier molecular flexibility index (Phi) is 7.97. The number of likely N-dealkylation sites (N-methyl/N-ethyl adjacent to an activating group) is 1. The lowest BCUT2D eigenvalue weighted by Crippen LogP contribution is -2.35. The third kappa shape index (κ3) is 9.52. The minimum absolute atomic E-state index is 0.663. The third-order valence-electron chi connectivity index (χ3n) is 1.44. The molecule has 13 heavy (non-hydrogen) atoms. The molecule has 0 aromatic heterocycles. The lowest BCUT2D eigenvalue weighted by molar-refractivity contribution is 0.122. The highest BCUT2D eigenvalue weighted by Crippen LogP contribution is 1.77. The molecular formula is C8H19N3OS. The Bertz CT molecular complexity index is 141. The van der Waals surface area contributed by atoms with Crippen LogP contribution in [0.1, 0.15) is 0 Å².